The Kier molecular flexibility index (Phi) is 4.16. The summed E-state index contributed by atoms with van der Waals surface area (Å²) < 4.78 is 5.30. The Hall–Kier alpha value is -0.120. The first kappa shape index (κ1) is 11.0. The van der Waals surface area contributed by atoms with E-state index in [-0.39, 0.29) is 11.5 Å². The molecular weight excluding hydrogens is 166 g/mol. The quantitative estimate of drug-likeness (QED) is 0.629. The maximum absolute atomic E-state index is 9.80. The van der Waals surface area contributed by atoms with Crippen LogP contribution in [0.15, 0.2) is 0 Å². The lowest BCUT2D eigenvalue weighted by Crippen LogP contribution is -2.38. The Morgan fingerprint density at radius 3 is 2.85 bits per heavy atom. The summed E-state index contributed by atoms with van der Waals surface area (Å²) in [4.78, 5) is 0. The van der Waals surface area contributed by atoms with Gasteiger partial charge in [-0.25, -0.2) is 0 Å². The molecule has 2 unspecified atom stereocenters. The minimum Gasteiger partial charge on any atom is -0.392 e. The van der Waals surface area contributed by atoms with Gasteiger partial charge < -0.3 is 15.6 Å². The maximum Gasteiger partial charge on any atom is 0.0609 e. The van der Waals surface area contributed by atoms with E-state index in [1.54, 1.807) is 0 Å². The summed E-state index contributed by atoms with van der Waals surface area (Å²) in [6.45, 7) is 4.04. The minimum atomic E-state index is -0.210. The molecule has 0 aromatic rings. The van der Waals surface area contributed by atoms with E-state index < -0.39 is 0 Å². The second-order valence-corrected chi connectivity index (χ2v) is 3.92. The molecule has 1 aliphatic carbocycles. The van der Waals surface area contributed by atoms with Crippen LogP contribution in [0.25, 0.3) is 0 Å². The molecule has 1 saturated carbocycles. The van der Waals surface area contributed by atoms with Gasteiger partial charge in [0.25, 0.3) is 0 Å². The standard InChI is InChI=1S/C10H21NO2/c1-2-13-7-6-10(8-11)5-3-4-9(10)12/h9,12H,2-8,11H2,1H3. The van der Waals surface area contributed by atoms with E-state index in [1.165, 1.54) is 0 Å². The van der Waals surface area contributed by atoms with Crippen molar-refractivity contribution in [2.24, 2.45) is 11.1 Å². The van der Waals surface area contributed by atoms with Gasteiger partial charge in [-0.2, -0.15) is 0 Å². The summed E-state index contributed by atoms with van der Waals surface area (Å²) >= 11 is 0. The van der Waals surface area contributed by atoms with Gasteiger partial charge in [-0.3, -0.25) is 0 Å². The molecule has 78 valence electrons. The van der Waals surface area contributed by atoms with Crippen LogP contribution in [0, 0.1) is 5.41 Å². The summed E-state index contributed by atoms with van der Waals surface area (Å²) in [5.41, 5.74) is 5.68. The van der Waals surface area contributed by atoms with Crippen LogP contribution in [0.2, 0.25) is 0 Å². The Bertz CT molecular complexity index is 152. The van der Waals surface area contributed by atoms with Crippen molar-refractivity contribution in [1.82, 2.24) is 0 Å². The molecule has 0 radical (unpaired) electrons. The molecule has 0 bridgehead atoms. The van der Waals surface area contributed by atoms with Gasteiger partial charge in [-0.15, -0.1) is 0 Å². The van der Waals surface area contributed by atoms with Gasteiger partial charge in [0.1, 0.15) is 0 Å². The average Bonchev–Trinajstić information content (AvgIpc) is 2.49. The fourth-order valence-corrected chi connectivity index (χ4v) is 2.17. The third-order valence-electron chi connectivity index (χ3n) is 3.21. The lowest BCUT2D eigenvalue weighted by molar-refractivity contribution is 0.0239. The first-order valence-electron chi connectivity index (χ1n) is 5.21. The van der Waals surface area contributed by atoms with Crippen LogP contribution in [0.3, 0.4) is 0 Å². The number of nitrogens with two attached hydrogens (primary N) is 1. The predicted molar refractivity (Wildman–Crippen MR) is 52.5 cm³/mol. The highest BCUT2D eigenvalue weighted by atomic mass is 16.5. The molecule has 0 spiro atoms. The van der Waals surface area contributed by atoms with E-state index in [0.29, 0.717) is 6.54 Å². The van der Waals surface area contributed by atoms with Crippen LogP contribution in [0.1, 0.15) is 32.6 Å². The fraction of sp³-hybridized carbons (Fsp3) is 1.00. The molecule has 3 nitrogen and oxygen atoms in total. The molecule has 2 atom stereocenters. The number of rotatable bonds is 5. The fourth-order valence-electron chi connectivity index (χ4n) is 2.17. The van der Waals surface area contributed by atoms with Crippen molar-refractivity contribution in [3.05, 3.63) is 0 Å². The van der Waals surface area contributed by atoms with Gasteiger partial charge in [0.15, 0.2) is 0 Å². The lowest BCUT2D eigenvalue weighted by atomic mass is 9.81. The Balaban J connectivity index is 2.39. The number of hydrogen-bond donors (Lipinski definition) is 2. The predicted octanol–water partition coefficient (Wildman–Crippen LogP) is 0.903. The molecule has 0 saturated heterocycles. The third-order valence-corrected chi connectivity index (χ3v) is 3.21. The highest BCUT2D eigenvalue weighted by molar-refractivity contribution is 4.92. The molecule has 1 rings (SSSR count). The zero-order valence-corrected chi connectivity index (χ0v) is 8.46. The zero-order chi connectivity index (χ0) is 9.73. The molecule has 1 fully saturated rings. The topological polar surface area (TPSA) is 55.5 Å². The first-order valence-corrected chi connectivity index (χ1v) is 5.21. The summed E-state index contributed by atoms with van der Waals surface area (Å²) in [6, 6.07) is 0. The molecule has 1 aliphatic rings. The van der Waals surface area contributed by atoms with Gasteiger partial charge >= 0.3 is 0 Å². The van der Waals surface area contributed by atoms with Crippen molar-refractivity contribution in [2.75, 3.05) is 19.8 Å². The summed E-state index contributed by atoms with van der Waals surface area (Å²) in [5.74, 6) is 0. The van der Waals surface area contributed by atoms with E-state index in [2.05, 4.69) is 0 Å². The SMILES string of the molecule is CCOCCC1(CN)CCCC1O. The second-order valence-electron chi connectivity index (χ2n) is 3.92. The normalized spacial score (nSPS) is 33.9. The van der Waals surface area contributed by atoms with Crippen LogP contribution >= 0.6 is 0 Å². The molecule has 13 heavy (non-hydrogen) atoms. The molecule has 0 aromatic carbocycles. The summed E-state index contributed by atoms with van der Waals surface area (Å²) in [5, 5.41) is 9.80. The van der Waals surface area contributed by atoms with Crippen molar-refractivity contribution in [3.8, 4) is 0 Å². The van der Waals surface area contributed by atoms with E-state index in [1.807, 2.05) is 6.92 Å². The average molecular weight is 187 g/mol. The first-order chi connectivity index (χ1) is 6.25. The van der Waals surface area contributed by atoms with Crippen molar-refractivity contribution >= 4 is 0 Å². The van der Waals surface area contributed by atoms with Crippen LogP contribution in [0.5, 0.6) is 0 Å². The van der Waals surface area contributed by atoms with Crippen molar-refractivity contribution in [2.45, 2.75) is 38.7 Å². The highest BCUT2D eigenvalue weighted by Crippen LogP contribution is 2.40. The van der Waals surface area contributed by atoms with Gasteiger partial charge in [-0.1, -0.05) is 6.42 Å². The van der Waals surface area contributed by atoms with Crippen molar-refractivity contribution in [1.29, 1.82) is 0 Å². The smallest absolute Gasteiger partial charge is 0.0609 e. The van der Waals surface area contributed by atoms with Crippen LogP contribution in [-0.4, -0.2) is 31.0 Å². The number of hydrogen-bond acceptors (Lipinski definition) is 3. The molecule has 3 heteroatoms. The van der Waals surface area contributed by atoms with Crippen molar-refractivity contribution in [3.63, 3.8) is 0 Å². The van der Waals surface area contributed by atoms with Gasteiger partial charge in [-0.05, 0) is 26.2 Å². The molecule has 0 heterocycles. The Morgan fingerprint density at radius 2 is 2.38 bits per heavy atom. The molecule has 0 amide bonds. The minimum absolute atomic E-state index is 0.0465. The van der Waals surface area contributed by atoms with Crippen LogP contribution < -0.4 is 5.73 Å². The van der Waals surface area contributed by atoms with Crippen molar-refractivity contribution < 1.29 is 9.84 Å². The summed E-state index contributed by atoms with van der Waals surface area (Å²) in [7, 11) is 0. The second kappa shape index (κ2) is 4.94. The molecule has 3 N–H and O–H groups in total. The monoisotopic (exact) mass is 187 g/mol. The number of aliphatic hydroxyl groups excluding tert-OH is 1. The molecular formula is C10H21NO2. The third kappa shape index (κ3) is 2.42. The van der Waals surface area contributed by atoms with Crippen LogP contribution in [0.4, 0.5) is 0 Å². The molecule has 0 aromatic heterocycles. The van der Waals surface area contributed by atoms with E-state index >= 15 is 0 Å². The lowest BCUT2D eigenvalue weighted by Gasteiger charge is -2.31. The largest absolute Gasteiger partial charge is 0.392 e. The summed E-state index contributed by atoms with van der Waals surface area (Å²) in [6.07, 6.45) is 3.75. The van der Waals surface area contributed by atoms with Gasteiger partial charge in [0, 0.05) is 25.2 Å². The number of ether oxygens (including phenoxy) is 1. The van der Waals surface area contributed by atoms with E-state index in [0.717, 1.165) is 38.9 Å². The van der Waals surface area contributed by atoms with Crippen LogP contribution in [-0.2, 0) is 4.74 Å². The Morgan fingerprint density at radius 1 is 1.62 bits per heavy atom. The van der Waals surface area contributed by atoms with Gasteiger partial charge in [0.2, 0.25) is 0 Å². The van der Waals surface area contributed by atoms with E-state index in [4.69, 9.17) is 10.5 Å². The number of aliphatic hydroxyl groups is 1. The molecule has 0 aliphatic heterocycles. The van der Waals surface area contributed by atoms with Gasteiger partial charge in [0.05, 0.1) is 6.10 Å². The maximum atomic E-state index is 9.80. The zero-order valence-electron chi connectivity index (χ0n) is 8.46. The highest BCUT2D eigenvalue weighted by Gasteiger charge is 2.40. The van der Waals surface area contributed by atoms with E-state index in [9.17, 15) is 5.11 Å². The Labute approximate surface area is 80.3 Å².